The van der Waals surface area contributed by atoms with Crippen LogP contribution < -0.4 is 5.32 Å². The monoisotopic (exact) mass is 478 g/mol. The number of ether oxygens (including phenoxy) is 1. The van der Waals surface area contributed by atoms with E-state index in [9.17, 15) is 9.90 Å². The van der Waals surface area contributed by atoms with Crippen LogP contribution in [0.4, 0.5) is 0 Å². The van der Waals surface area contributed by atoms with Gasteiger partial charge in [0.1, 0.15) is 0 Å². The molecular formula is C27H46N2O3S. The molecule has 2 N–H and O–H groups in total. The first-order valence-corrected chi connectivity index (χ1v) is 14.2. The van der Waals surface area contributed by atoms with E-state index in [4.69, 9.17) is 4.74 Å². The zero-order valence-electron chi connectivity index (χ0n) is 20.9. The Morgan fingerprint density at radius 3 is 2.79 bits per heavy atom. The minimum Gasteiger partial charge on any atom is -0.385 e. The SMILES string of the molecule is CNC[C@@H](CC(=O)N1CCC[C@@H]([C@@](O)(CCCCOC)c2ccsc2)C1)CC1CCCCC1. The first kappa shape index (κ1) is 26.7. The van der Waals surface area contributed by atoms with Crippen LogP contribution in [0.1, 0.15) is 82.6 Å². The van der Waals surface area contributed by atoms with E-state index in [-0.39, 0.29) is 11.8 Å². The molecule has 0 aromatic carbocycles. The van der Waals surface area contributed by atoms with Gasteiger partial charge in [0.2, 0.25) is 5.91 Å². The van der Waals surface area contributed by atoms with Crippen molar-refractivity contribution in [1.82, 2.24) is 10.2 Å². The van der Waals surface area contributed by atoms with Crippen LogP contribution in [0.2, 0.25) is 0 Å². The third-order valence-corrected chi connectivity index (χ3v) is 8.66. The van der Waals surface area contributed by atoms with Gasteiger partial charge in [-0.2, -0.15) is 11.3 Å². The number of nitrogens with zero attached hydrogens (tertiary/aromatic N) is 1. The van der Waals surface area contributed by atoms with Crippen LogP contribution >= 0.6 is 11.3 Å². The number of hydrogen-bond donors (Lipinski definition) is 2. The molecule has 0 spiro atoms. The molecule has 1 saturated heterocycles. The first-order chi connectivity index (χ1) is 16.1. The van der Waals surface area contributed by atoms with E-state index >= 15 is 0 Å². The number of piperidine rings is 1. The van der Waals surface area contributed by atoms with Crippen molar-refractivity contribution < 1.29 is 14.6 Å². The minimum absolute atomic E-state index is 0.0911. The van der Waals surface area contributed by atoms with Crippen LogP contribution in [-0.2, 0) is 15.1 Å². The summed E-state index contributed by atoms with van der Waals surface area (Å²) in [5.41, 5.74) is 0.161. The van der Waals surface area contributed by atoms with Crippen molar-refractivity contribution in [3.8, 4) is 0 Å². The van der Waals surface area contributed by atoms with Crippen LogP contribution in [0, 0.1) is 17.8 Å². The van der Waals surface area contributed by atoms with Crippen LogP contribution in [-0.4, -0.2) is 56.3 Å². The van der Waals surface area contributed by atoms with E-state index < -0.39 is 5.60 Å². The number of hydrogen-bond acceptors (Lipinski definition) is 5. The van der Waals surface area contributed by atoms with Gasteiger partial charge in [-0.15, -0.1) is 0 Å². The molecule has 188 valence electrons. The molecule has 6 heteroatoms. The highest BCUT2D eigenvalue weighted by Crippen LogP contribution is 2.41. The minimum atomic E-state index is -0.862. The summed E-state index contributed by atoms with van der Waals surface area (Å²) in [6.45, 7) is 3.14. The number of unbranched alkanes of at least 4 members (excludes halogenated alkanes) is 1. The molecule has 2 heterocycles. The van der Waals surface area contributed by atoms with Gasteiger partial charge in [0, 0.05) is 39.1 Å². The van der Waals surface area contributed by atoms with Gasteiger partial charge in [0.05, 0.1) is 5.60 Å². The van der Waals surface area contributed by atoms with Gasteiger partial charge >= 0.3 is 0 Å². The Kier molecular flexibility index (Phi) is 11.2. The van der Waals surface area contributed by atoms with Crippen molar-refractivity contribution in [2.75, 3.05) is 40.4 Å². The summed E-state index contributed by atoms with van der Waals surface area (Å²) in [6, 6.07) is 2.06. The predicted octanol–water partition coefficient (Wildman–Crippen LogP) is 5.19. The topological polar surface area (TPSA) is 61.8 Å². The summed E-state index contributed by atoms with van der Waals surface area (Å²) < 4.78 is 5.21. The molecule has 2 aliphatic rings. The lowest BCUT2D eigenvalue weighted by Gasteiger charge is -2.43. The number of nitrogens with one attached hydrogen (secondary N) is 1. The molecule has 0 bridgehead atoms. The second-order valence-corrected chi connectivity index (χ2v) is 11.2. The summed E-state index contributed by atoms with van der Waals surface area (Å²) in [6.07, 6.45) is 13.1. The molecule has 3 rings (SSSR count). The summed E-state index contributed by atoms with van der Waals surface area (Å²) in [7, 11) is 3.73. The Balaban J connectivity index is 1.62. The molecule has 33 heavy (non-hydrogen) atoms. The quantitative estimate of drug-likeness (QED) is 0.383. The van der Waals surface area contributed by atoms with Gasteiger partial charge < -0.3 is 20.1 Å². The second kappa shape index (κ2) is 13.8. The van der Waals surface area contributed by atoms with E-state index in [0.29, 0.717) is 18.9 Å². The summed E-state index contributed by atoms with van der Waals surface area (Å²) in [4.78, 5) is 15.4. The van der Waals surface area contributed by atoms with Gasteiger partial charge in [0.25, 0.3) is 0 Å². The van der Waals surface area contributed by atoms with Crippen molar-refractivity contribution in [3.63, 3.8) is 0 Å². The third kappa shape index (κ3) is 7.78. The summed E-state index contributed by atoms with van der Waals surface area (Å²) >= 11 is 1.64. The fourth-order valence-corrected chi connectivity index (χ4v) is 6.86. The normalized spacial score (nSPS) is 22.8. The number of methoxy groups -OCH3 is 1. The van der Waals surface area contributed by atoms with Gasteiger partial charge in [-0.05, 0) is 86.3 Å². The van der Waals surface area contributed by atoms with Crippen LogP contribution in [0.5, 0.6) is 0 Å². The highest BCUT2D eigenvalue weighted by molar-refractivity contribution is 7.08. The maximum atomic E-state index is 13.4. The second-order valence-electron chi connectivity index (χ2n) is 10.4. The molecule has 1 amide bonds. The number of likely N-dealkylation sites (tertiary alicyclic amines) is 1. The molecule has 0 unspecified atom stereocenters. The molecule has 5 nitrogen and oxygen atoms in total. The molecule has 1 aliphatic heterocycles. The average Bonchev–Trinajstić information content (AvgIpc) is 3.38. The van der Waals surface area contributed by atoms with Gasteiger partial charge in [-0.25, -0.2) is 0 Å². The molecule has 1 aromatic heterocycles. The van der Waals surface area contributed by atoms with Crippen molar-refractivity contribution >= 4 is 17.2 Å². The lowest BCUT2D eigenvalue weighted by Crippen LogP contribution is -2.48. The number of thiophene rings is 1. The lowest BCUT2D eigenvalue weighted by atomic mass is 9.75. The lowest BCUT2D eigenvalue weighted by molar-refractivity contribution is -0.137. The fraction of sp³-hybridized carbons (Fsp3) is 0.815. The highest BCUT2D eigenvalue weighted by Gasteiger charge is 2.41. The van der Waals surface area contributed by atoms with E-state index in [1.54, 1.807) is 18.4 Å². The number of aliphatic hydroxyl groups is 1. The number of rotatable bonds is 13. The number of carbonyl (C=O) groups excluding carboxylic acids is 1. The molecule has 1 aromatic rings. The van der Waals surface area contributed by atoms with Crippen molar-refractivity contribution in [2.24, 2.45) is 17.8 Å². The number of amides is 1. The largest absolute Gasteiger partial charge is 0.385 e. The Hall–Kier alpha value is -0.950. The van der Waals surface area contributed by atoms with Crippen molar-refractivity contribution in [2.45, 2.75) is 82.7 Å². The molecule has 0 radical (unpaired) electrons. The van der Waals surface area contributed by atoms with Gasteiger partial charge in [-0.3, -0.25) is 4.79 Å². The van der Waals surface area contributed by atoms with E-state index in [0.717, 1.165) is 63.3 Å². The van der Waals surface area contributed by atoms with Crippen LogP contribution in [0.15, 0.2) is 16.8 Å². The smallest absolute Gasteiger partial charge is 0.222 e. The van der Waals surface area contributed by atoms with Crippen LogP contribution in [0.3, 0.4) is 0 Å². The summed E-state index contributed by atoms with van der Waals surface area (Å²) in [5, 5.41) is 19.4. The molecule has 1 saturated carbocycles. The third-order valence-electron chi connectivity index (χ3n) is 7.97. The first-order valence-electron chi connectivity index (χ1n) is 13.2. The molecule has 2 fully saturated rings. The number of carbonyl (C=O) groups is 1. The highest BCUT2D eigenvalue weighted by atomic mass is 32.1. The fourth-order valence-electron chi connectivity index (χ4n) is 6.13. The van der Waals surface area contributed by atoms with E-state index in [1.807, 2.05) is 7.05 Å². The molecule has 1 aliphatic carbocycles. The molecular weight excluding hydrogens is 432 g/mol. The molecule has 3 atom stereocenters. The zero-order chi connectivity index (χ0) is 23.5. The van der Waals surface area contributed by atoms with Crippen LogP contribution in [0.25, 0.3) is 0 Å². The van der Waals surface area contributed by atoms with Crippen molar-refractivity contribution in [1.29, 1.82) is 0 Å². The maximum absolute atomic E-state index is 13.4. The van der Waals surface area contributed by atoms with E-state index in [2.05, 4.69) is 27.0 Å². The standard InChI is InChI=1S/C27H46N2O3S/c1-28-19-23(17-22-9-4-3-5-10-22)18-26(30)29-14-8-11-24(20-29)27(31,13-6-7-15-32-2)25-12-16-33-21-25/h12,16,21-24,28,31H,3-11,13-15,17-20H2,1-2H3/t23-,24-,27+/m1/s1. The Bertz CT molecular complexity index is 677. The van der Waals surface area contributed by atoms with Crippen molar-refractivity contribution in [3.05, 3.63) is 22.4 Å². The van der Waals surface area contributed by atoms with E-state index in [1.165, 1.54) is 38.5 Å². The van der Waals surface area contributed by atoms with Gasteiger partial charge in [0.15, 0.2) is 0 Å². The summed E-state index contributed by atoms with van der Waals surface area (Å²) in [5.74, 6) is 1.57. The Morgan fingerprint density at radius 2 is 2.09 bits per heavy atom. The maximum Gasteiger partial charge on any atom is 0.222 e. The predicted molar refractivity (Wildman–Crippen MR) is 136 cm³/mol. The zero-order valence-corrected chi connectivity index (χ0v) is 21.7. The Morgan fingerprint density at radius 1 is 1.27 bits per heavy atom. The Labute approximate surface area is 205 Å². The van der Waals surface area contributed by atoms with Gasteiger partial charge in [-0.1, -0.05) is 32.1 Å². The average molecular weight is 479 g/mol.